The Morgan fingerprint density at radius 1 is 1.12 bits per heavy atom. The van der Waals surface area contributed by atoms with Crippen LogP contribution in [0, 0.1) is 6.92 Å². The molecule has 0 bridgehead atoms. The number of esters is 1. The number of pyridine rings is 1. The van der Waals surface area contributed by atoms with Crippen LogP contribution in [0.3, 0.4) is 0 Å². The van der Waals surface area contributed by atoms with E-state index in [9.17, 15) is 9.59 Å². The van der Waals surface area contributed by atoms with Crippen molar-refractivity contribution in [1.82, 2.24) is 9.97 Å². The molecule has 0 saturated heterocycles. The fraction of sp³-hybridized carbons (Fsp3) is 0.111. The summed E-state index contributed by atoms with van der Waals surface area (Å²) in [5, 5.41) is 0.611. The second-order valence-electron chi connectivity index (χ2n) is 5.25. The lowest BCUT2D eigenvalue weighted by molar-refractivity contribution is -0.127. The van der Waals surface area contributed by atoms with Gasteiger partial charge in [0.25, 0.3) is 5.91 Å². The number of nitrogens with zero attached hydrogens (tertiary/aromatic N) is 2. The zero-order chi connectivity index (χ0) is 17.8. The highest BCUT2D eigenvalue weighted by Gasteiger charge is 2.26. The van der Waals surface area contributed by atoms with Crippen LogP contribution in [0.25, 0.3) is 10.7 Å². The van der Waals surface area contributed by atoms with E-state index < -0.39 is 18.0 Å². The van der Waals surface area contributed by atoms with Crippen molar-refractivity contribution in [1.29, 1.82) is 0 Å². The van der Waals surface area contributed by atoms with Crippen LogP contribution in [0.5, 0.6) is 0 Å². The first-order chi connectivity index (χ1) is 12.1. The Bertz CT molecular complexity index is 894. The number of carbonyl (C=O) groups is 2. The highest BCUT2D eigenvalue weighted by Crippen LogP contribution is 2.28. The van der Waals surface area contributed by atoms with Crippen LogP contribution in [-0.4, -0.2) is 21.8 Å². The van der Waals surface area contributed by atoms with Gasteiger partial charge in [-0.2, -0.15) is 0 Å². The summed E-state index contributed by atoms with van der Waals surface area (Å²) >= 11 is 1.17. The minimum absolute atomic E-state index is 0.322. The number of benzene rings is 1. The third kappa shape index (κ3) is 3.72. The molecule has 0 spiro atoms. The van der Waals surface area contributed by atoms with E-state index in [0.29, 0.717) is 26.8 Å². The van der Waals surface area contributed by atoms with E-state index in [4.69, 9.17) is 10.5 Å². The van der Waals surface area contributed by atoms with Crippen LogP contribution in [0.4, 0.5) is 0 Å². The summed E-state index contributed by atoms with van der Waals surface area (Å²) in [7, 11) is 0. The molecule has 2 aromatic heterocycles. The summed E-state index contributed by atoms with van der Waals surface area (Å²) in [6.45, 7) is 1.71. The van der Waals surface area contributed by atoms with E-state index in [1.165, 1.54) is 11.3 Å². The highest BCUT2D eigenvalue weighted by atomic mass is 32.1. The predicted octanol–water partition coefficient (Wildman–Crippen LogP) is 2.90. The van der Waals surface area contributed by atoms with Crippen molar-refractivity contribution in [3.8, 4) is 10.7 Å². The van der Waals surface area contributed by atoms with Crippen molar-refractivity contribution in [2.24, 2.45) is 5.73 Å². The molecule has 25 heavy (non-hydrogen) atoms. The first kappa shape index (κ1) is 16.8. The molecule has 6 nitrogen and oxygen atoms in total. The van der Waals surface area contributed by atoms with E-state index in [-0.39, 0.29) is 0 Å². The molecule has 0 saturated carbocycles. The number of hydrogen-bond donors (Lipinski definition) is 1. The Balaban J connectivity index is 1.86. The lowest BCUT2D eigenvalue weighted by atomic mass is 10.1. The van der Waals surface area contributed by atoms with Gasteiger partial charge in [0.2, 0.25) is 6.10 Å². The third-order valence-electron chi connectivity index (χ3n) is 3.45. The monoisotopic (exact) mass is 353 g/mol. The molecule has 2 N–H and O–H groups in total. The molecular formula is C18H15N3O3S. The summed E-state index contributed by atoms with van der Waals surface area (Å²) in [4.78, 5) is 33.1. The van der Waals surface area contributed by atoms with E-state index in [1.807, 2.05) is 12.1 Å². The maximum Gasteiger partial charge on any atom is 0.351 e. The van der Waals surface area contributed by atoms with E-state index >= 15 is 0 Å². The van der Waals surface area contributed by atoms with Gasteiger partial charge in [-0.3, -0.25) is 9.78 Å². The molecule has 3 aromatic rings. The molecule has 126 valence electrons. The van der Waals surface area contributed by atoms with Crippen LogP contribution in [0.15, 0.2) is 54.7 Å². The van der Waals surface area contributed by atoms with E-state index in [2.05, 4.69) is 9.97 Å². The number of aryl methyl sites for hydroxylation is 1. The summed E-state index contributed by atoms with van der Waals surface area (Å²) < 4.78 is 5.35. The number of primary amides is 1. The van der Waals surface area contributed by atoms with Crippen LogP contribution < -0.4 is 5.73 Å². The van der Waals surface area contributed by atoms with Crippen LogP contribution in [-0.2, 0) is 9.53 Å². The molecule has 0 aliphatic carbocycles. The number of carbonyl (C=O) groups excluding carboxylic acids is 2. The van der Waals surface area contributed by atoms with Crippen molar-refractivity contribution < 1.29 is 14.3 Å². The van der Waals surface area contributed by atoms with Gasteiger partial charge in [0.05, 0.1) is 11.4 Å². The van der Waals surface area contributed by atoms with E-state index in [0.717, 1.165) is 0 Å². The van der Waals surface area contributed by atoms with Crippen LogP contribution in [0.2, 0.25) is 0 Å². The smallest absolute Gasteiger partial charge is 0.351 e. The Morgan fingerprint density at radius 3 is 2.48 bits per heavy atom. The lowest BCUT2D eigenvalue weighted by Gasteiger charge is -2.14. The molecule has 1 atom stereocenters. The van der Waals surface area contributed by atoms with Crippen molar-refractivity contribution >= 4 is 23.2 Å². The average molecular weight is 353 g/mol. The van der Waals surface area contributed by atoms with Gasteiger partial charge in [0.1, 0.15) is 9.88 Å². The largest absolute Gasteiger partial charge is 0.443 e. The maximum atomic E-state index is 12.5. The lowest BCUT2D eigenvalue weighted by Crippen LogP contribution is -2.26. The molecular weight excluding hydrogens is 338 g/mol. The van der Waals surface area contributed by atoms with E-state index in [1.54, 1.807) is 49.5 Å². The summed E-state index contributed by atoms with van der Waals surface area (Å²) in [6.07, 6.45) is 0.510. The van der Waals surface area contributed by atoms with Gasteiger partial charge in [0.15, 0.2) is 0 Å². The van der Waals surface area contributed by atoms with Crippen molar-refractivity contribution in [3.63, 3.8) is 0 Å². The Kier molecular flexibility index (Phi) is 4.85. The number of aromatic nitrogens is 2. The van der Waals surface area contributed by atoms with Gasteiger partial charge >= 0.3 is 5.97 Å². The number of rotatable bonds is 5. The number of thiazole rings is 1. The van der Waals surface area contributed by atoms with Gasteiger partial charge in [0, 0.05) is 11.8 Å². The van der Waals surface area contributed by atoms with Gasteiger partial charge in [-0.15, -0.1) is 11.3 Å². The molecule has 7 heteroatoms. The number of hydrogen-bond acceptors (Lipinski definition) is 6. The number of nitrogens with two attached hydrogens (primary N) is 1. The van der Waals surface area contributed by atoms with Gasteiger partial charge in [-0.05, 0) is 19.1 Å². The minimum atomic E-state index is -1.14. The summed E-state index contributed by atoms with van der Waals surface area (Å²) in [6, 6.07) is 14.1. The first-order valence-electron chi connectivity index (χ1n) is 7.50. The van der Waals surface area contributed by atoms with Crippen molar-refractivity contribution in [3.05, 3.63) is 70.9 Å². The zero-order valence-corrected chi connectivity index (χ0v) is 14.2. The van der Waals surface area contributed by atoms with Crippen LogP contribution >= 0.6 is 11.3 Å². The first-order valence-corrected chi connectivity index (χ1v) is 8.32. The average Bonchev–Trinajstić information content (AvgIpc) is 3.02. The predicted molar refractivity (Wildman–Crippen MR) is 93.9 cm³/mol. The topological polar surface area (TPSA) is 95.2 Å². The fourth-order valence-electron chi connectivity index (χ4n) is 2.26. The minimum Gasteiger partial charge on any atom is -0.443 e. The third-order valence-corrected chi connectivity index (χ3v) is 4.61. The Hall–Kier alpha value is -3.06. The Labute approximate surface area is 148 Å². The van der Waals surface area contributed by atoms with Crippen LogP contribution in [0.1, 0.15) is 27.0 Å². The normalized spacial score (nSPS) is 11.7. The van der Waals surface area contributed by atoms with Gasteiger partial charge in [-0.25, -0.2) is 9.78 Å². The quantitative estimate of drug-likeness (QED) is 0.712. The molecule has 0 fully saturated rings. The SMILES string of the molecule is Cc1nc(-c2ccccn2)sc1C(=O)O[C@H](C(N)=O)c1ccccc1. The molecule has 0 aliphatic heterocycles. The molecule has 1 amide bonds. The summed E-state index contributed by atoms with van der Waals surface area (Å²) in [5.41, 5.74) is 7.11. The molecule has 0 radical (unpaired) electrons. The molecule has 2 heterocycles. The zero-order valence-electron chi connectivity index (χ0n) is 13.4. The van der Waals surface area contributed by atoms with Gasteiger partial charge in [-0.1, -0.05) is 36.4 Å². The second kappa shape index (κ2) is 7.23. The van der Waals surface area contributed by atoms with Crippen molar-refractivity contribution in [2.75, 3.05) is 0 Å². The Morgan fingerprint density at radius 2 is 1.84 bits per heavy atom. The standard InChI is InChI=1S/C18H15N3O3S/c1-11-15(25-17(21-11)13-9-5-6-10-20-13)18(23)24-14(16(19)22)12-7-3-2-4-8-12/h2-10,14H,1H3,(H2,19,22)/t14-/m0/s1. The second-order valence-corrected chi connectivity index (χ2v) is 6.25. The molecule has 3 rings (SSSR count). The number of amides is 1. The highest BCUT2D eigenvalue weighted by molar-refractivity contribution is 7.17. The molecule has 1 aromatic carbocycles. The fourth-order valence-corrected chi connectivity index (χ4v) is 3.19. The number of ether oxygens (including phenoxy) is 1. The van der Waals surface area contributed by atoms with Crippen molar-refractivity contribution in [2.45, 2.75) is 13.0 Å². The molecule has 0 unspecified atom stereocenters. The van der Waals surface area contributed by atoms with Gasteiger partial charge < -0.3 is 10.5 Å². The molecule has 0 aliphatic rings. The maximum absolute atomic E-state index is 12.5. The summed E-state index contributed by atoms with van der Waals surface area (Å²) in [5.74, 6) is -1.36.